The van der Waals surface area contributed by atoms with Crippen molar-refractivity contribution in [2.24, 2.45) is 4.99 Å². The molecule has 0 aromatic heterocycles. The van der Waals surface area contributed by atoms with E-state index in [0.29, 0.717) is 0 Å². The van der Waals surface area contributed by atoms with Gasteiger partial charge >= 0.3 is 0 Å². The van der Waals surface area contributed by atoms with Crippen LogP contribution in [0, 0.1) is 10.1 Å². The van der Waals surface area contributed by atoms with Crippen LogP contribution in [0.15, 0.2) is 29.3 Å². The van der Waals surface area contributed by atoms with Crippen molar-refractivity contribution in [1.29, 1.82) is 0 Å². The lowest BCUT2D eigenvalue weighted by Crippen LogP contribution is -1.86. The summed E-state index contributed by atoms with van der Waals surface area (Å²) in [6.45, 7) is 3.75. The molecule has 4 nitrogen and oxygen atoms in total. The highest BCUT2D eigenvalue weighted by molar-refractivity contribution is 5.82. The largest absolute Gasteiger partial charge is 0.269 e. The van der Waals surface area contributed by atoms with Crippen molar-refractivity contribution in [3.05, 3.63) is 34.4 Å². The molecule has 0 aliphatic rings. The molecule has 0 saturated carbocycles. The molecule has 1 rings (SSSR count). The Labute approximate surface area is 76.1 Å². The molecule has 0 saturated heterocycles. The fourth-order valence-corrected chi connectivity index (χ4v) is 0.907. The first-order valence-corrected chi connectivity index (χ1v) is 3.86. The van der Waals surface area contributed by atoms with Crippen molar-refractivity contribution in [2.75, 3.05) is 0 Å². The number of rotatable bonds is 2. The summed E-state index contributed by atoms with van der Waals surface area (Å²) in [6.07, 6.45) is 0. The standard InChI is InChI=1S/C9H10N2O2/c1-7(2)10-8-3-5-9(6-4-8)11(12)13/h3-6H,1-2H3. The summed E-state index contributed by atoms with van der Waals surface area (Å²) >= 11 is 0. The van der Waals surface area contributed by atoms with Crippen molar-refractivity contribution in [3.63, 3.8) is 0 Å². The van der Waals surface area contributed by atoms with E-state index >= 15 is 0 Å². The lowest BCUT2D eigenvalue weighted by atomic mass is 10.3. The highest BCUT2D eigenvalue weighted by Crippen LogP contribution is 2.17. The fraction of sp³-hybridized carbons (Fsp3) is 0.222. The van der Waals surface area contributed by atoms with Gasteiger partial charge in [0, 0.05) is 17.8 Å². The van der Waals surface area contributed by atoms with Gasteiger partial charge in [-0.2, -0.15) is 0 Å². The molecule has 0 N–H and O–H groups in total. The van der Waals surface area contributed by atoms with Crippen LogP contribution in [0.4, 0.5) is 11.4 Å². The minimum absolute atomic E-state index is 0.0905. The number of nitro groups is 1. The van der Waals surface area contributed by atoms with Crippen LogP contribution in [0.3, 0.4) is 0 Å². The maximum absolute atomic E-state index is 10.3. The molecule has 13 heavy (non-hydrogen) atoms. The molecule has 1 aromatic rings. The number of non-ortho nitro benzene ring substituents is 1. The molecule has 0 aliphatic carbocycles. The maximum atomic E-state index is 10.3. The van der Waals surface area contributed by atoms with Gasteiger partial charge in [0.25, 0.3) is 5.69 Å². The molecule has 0 bridgehead atoms. The van der Waals surface area contributed by atoms with E-state index in [4.69, 9.17) is 0 Å². The summed E-state index contributed by atoms with van der Waals surface area (Å²) in [6, 6.07) is 6.15. The Morgan fingerprint density at radius 3 is 2.23 bits per heavy atom. The molecule has 0 aliphatic heterocycles. The average molecular weight is 178 g/mol. The van der Waals surface area contributed by atoms with Crippen LogP contribution < -0.4 is 0 Å². The van der Waals surface area contributed by atoms with Gasteiger partial charge in [-0.15, -0.1) is 0 Å². The van der Waals surface area contributed by atoms with E-state index in [9.17, 15) is 10.1 Å². The second-order valence-electron chi connectivity index (χ2n) is 2.83. The van der Waals surface area contributed by atoms with Gasteiger partial charge in [-0.05, 0) is 26.0 Å². The number of nitro benzene ring substituents is 1. The highest BCUT2D eigenvalue weighted by atomic mass is 16.6. The van der Waals surface area contributed by atoms with Crippen LogP contribution in [0.25, 0.3) is 0 Å². The summed E-state index contributed by atoms with van der Waals surface area (Å²) < 4.78 is 0. The Morgan fingerprint density at radius 1 is 1.31 bits per heavy atom. The molecule has 0 spiro atoms. The fourth-order valence-electron chi connectivity index (χ4n) is 0.907. The van der Waals surface area contributed by atoms with Gasteiger partial charge in [0.05, 0.1) is 10.6 Å². The van der Waals surface area contributed by atoms with Gasteiger partial charge in [-0.1, -0.05) is 0 Å². The monoisotopic (exact) mass is 178 g/mol. The lowest BCUT2D eigenvalue weighted by molar-refractivity contribution is -0.384. The summed E-state index contributed by atoms with van der Waals surface area (Å²) in [5.74, 6) is 0. The van der Waals surface area contributed by atoms with Gasteiger partial charge in [0.15, 0.2) is 0 Å². The second kappa shape index (κ2) is 3.80. The zero-order valence-electron chi connectivity index (χ0n) is 7.52. The van der Waals surface area contributed by atoms with E-state index in [1.807, 2.05) is 13.8 Å². The number of benzene rings is 1. The molecule has 4 heteroatoms. The topological polar surface area (TPSA) is 55.5 Å². The van der Waals surface area contributed by atoms with Gasteiger partial charge < -0.3 is 0 Å². The van der Waals surface area contributed by atoms with Crippen LogP contribution in [-0.2, 0) is 0 Å². The Bertz CT molecular complexity index is 337. The molecular weight excluding hydrogens is 168 g/mol. The van der Waals surface area contributed by atoms with Crippen LogP contribution in [0.5, 0.6) is 0 Å². The van der Waals surface area contributed by atoms with Crippen molar-refractivity contribution < 1.29 is 4.92 Å². The number of nitrogens with zero attached hydrogens (tertiary/aromatic N) is 2. The molecule has 0 radical (unpaired) electrons. The normalized spacial score (nSPS) is 9.38. The Balaban J connectivity index is 2.94. The summed E-state index contributed by atoms with van der Waals surface area (Å²) in [7, 11) is 0. The molecule has 0 amide bonds. The minimum atomic E-state index is -0.424. The molecule has 0 atom stereocenters. The Kier molecular flexibility index (Phi) is 2.74. The first kappa shape index (κ1) is 9.38. The quantitative estimate of drug-likeness (QED) is 0.397. The smallest absolute Gasteiger partial charge is 0.258 e. The van der Waals surface area contributed by atoms with Crippen LogP contribution in [0.2, 0.25) is 0 Å². The van der Waals surface area contributed by atoms with E-state index in [0.717, 1.165) is 11.4 Å². The van der Waals surface area contributed by atoms with E-state index in [1.165, 1.54) is 12.1 Å². The van der Waals surface area contributed by atoms with Gasteiger partial charge in [0.1, 0.15) is 0 Å². The molecule has 1 aromatic carbocycles. The van der Waals surface area contributed by atoms with Gasteiger partial charge in [0.2, 0.25) is 0 Å². The van der Waals surface area contributed by atoms with Crippen molar-refractivity contribution >= 4 is 17.1 Å². The maximum Gasteiger partial charge on any atom is 0.269 e. The Morgan fingerprint density at radius 2 is 1.85 bits per heavy atom. The van der Waals surface area contributed by atoms with Crippen LogP contribution >= 0.6 is 0 Å². The van der Waals surface area contributed by atoms with Crippen LogP contribution in [0.1, 0.15) is 13.8 Å². The zero-order valence-corrected chi connectivity index (χ0v) is 7.52. The average Bonchev–Trinajstić information content (AvgIpc) is 2.04. The number of aliphatic imine (C=N–C) groups is 1. The third kappa shape index (κ3) is 2.66. The second-order valence-corrected chi connectivity index (χ2v) is 2.83. The van der Waals surface area contributed by atoms with E-state index in [1.54, 1.807) is 12.1 Å². The molecule has 0 fully saturated rings. The molecule has 0 unspecified atom stereocenters. The third-order valence-corrected chi connectivity index (χ3v) is 1.41. The molecule has 68 valence electrons. The van der Waals surface area contributed by atoms with Crippen molar-refractivity contribution in [2.45, 2.75) is 13.8 Å². The third-order valence-electron chi connectivity index (χ3n) is 1.41. The first-order chi connectivity index (χ1) is 6.09. The van der Waals surface area contributed by atoms with Gasteiger partial charge in [-0.25, -0.2) is 0 Å². The number of hydrogen-bond donors (Lipinski definition) is 0. The van der Waals surface area contributed by atoms with Crippen LogP contribution in [-0.4, -0.2) is 10.6 Å². The minimum Gasteiger partial charge on any atom is -0.258 e. The molecular formula is C9H10N2O2. The highest BCUT2D eigenvalue weighted by Gasteiger charge is 2.02. The van der Waals surface area contributed by atoms with E-state index in [-0.39, 0.29) is 5.69 Å². The predicted molar refractivity (Wildman–Crippen MR) is 51.5 cm³/mol. The number of hydrogen-bond acceptors (Lipinski definition) is 3. The summed E-state index contributed by atoms with van der Waals surface area (Å²) in [5.41, 5.74) is 1.76. The van der Waals surface area contributed by atoms with E-state index < -0.39 is 4.92 Å². The van der Waals surface area contributed by atoms with Gasteiger partial charge in [-0.3, -0.25) is 15.1 Å². The van der Waals surface area contributed by atoms with Crippen molar-refractivity contribution in [3.8, 4) is 0 Å². The molecule has 0 heterocycles. The lowest BCUT2D eigenvalue weighted by Gasteiger charge is -1.94. The SMILES string of the molecule is CC(C)=Nc1ccc([N+](=O)[O-])cc1. The van der Waals surface area contributed by atoms with Crippen molar-refractivity contribution in [1.82, 2.24) is 0 Å². The summed E-state index contributed by atoms with van der Waals surface area (Å²) in [5, 5.41) is 10.3. The Hall–Kier alpha value is -1.71. The predicted octanol–water partition coefficient (Wildman–Crippen LogP) is 2.71. The first-order valence-electron chi connectivity index (χ1n) is 3.86. The van der Waals surface area contributed by atoms with E-state index in [2.05, 4.69) is 4.99 Å². The zero-order chi connectivity index (χ0) is 9.84. The summed E-state index contributed by atoms with van der Waals surface area (Å²) in [4.78, 5) is 14.0.